The third-order valence-corrected chi connectivity index (χ3v) is 2.93. The van der Waals surface area contributed by atoms with Crippen molar-refractivity contribution in [3.63, 3.8) is 0 Å². The van der Waals surface area contributed by atoms with Crippen LogP contribution in [0.1, 0.15) is 16.7 Å². The standard InChI is InChI=1S/C15H15ClO/c1-11-6-7-12(2)15(8-11)17-14-5-3-4-13(9-14)10-16/h3-9H,10H2,1-2H3. The van der Waals surface area contributed by atoms with Gasteiger partial charge in [0.15, 0.2) is 0 Å². The molecule has 0 heterocycles. The largest absolute Gasteiger partial charge is 0.457 e. The maximum atomic E-state index is 5.87. The molecule has 0 fully saturated rings. The van der Waals surface area contributed by atoms with E-state index >= 15 is 0 Å². The molecule has 0 amide bonds. The molecule has 2 rings (SSSR count). The van der Waals surface area contributed by atoms with E-state index < -0.39 is 0 Å². The molecule has 0 spiro atoms. The van der Waals surface area contributed by atoms with Crippen LogP contribution in [0.4, 0.5) is 0 Å². The van der Waals surface area contributed by atoms with Crippen molar-refractivity contribution in [2.75, 3.05) is 0 Å². The fourth-order valence-electron chi connectivity index (χ4n) is 1.64. The molecule has 0 aliphatic heterocycles. The third kappa shape index (κ3) is 3.01. The molecule has 0 N–H and O–H groups in total. The van der Waals surface area contributed by atoms with Gasteiger partial charge in [0.25, 0.3) is 0 Å². The zero-order chi connectivity index (χ0) is 12.3. The summed E-state index contributed by atoms with van der Waals surface area (Å²) in [6.07, 6.45) is 0. The average molecular weight is 247 g/mol. The van der Waals surface area contributed by atoms with Crippen LogP contribution in [-0.2, 0) is 5.88 Å². The highest BCUT2D eigenvalue weighted by atomic mass is 35.5. The van der Waals surface area contributed by atoms with Gasteiger partial charge in [-0.1, -0.05) is 24.3 Å². The summed E-state index contributed by atoms with van der Waals surface area (Å²) in [5, 5.41) is 0. The number of alkyl halides is 1. The van der Waals surface area contributed by atoms with E-state index in [0.717, 1.165) is 22.6 Å². The second-order valence-electron chi connectivity index (χ2n) is 4.15. The Morgan fingerprint density at radius 3 is 2.65 bits per heavy atom. The van der Waals surface area contributed by atoms with Crippen LogP contribution in [0.25, 0.3) is 0 Å². The number of rotatable bonds is 3. The maximum Gasteiger partial charge on any atom is 0.130 e. The molecule has 2 heteroatoms. The lowest BCUT2D eigenvalue weighted by Gasteiger charge is -2.10. The van der Waals surface area contributed by atoms with Crippen molar-refractivity contribution < 1.29 is 4.74 Å². The van der Waals surface area contributed by atoms with E-state index in [2.05, 4.69) is 19.1 Å². The third-order valence-electron chi connectivity index (χ3n) is 2.62. The lowest BCUT2D eigenvalue weighted by molar-refractivity contribution is 0.478. The van der Waals surface area contributed by atoms with Gasteiger partial charge in [-0.15, -0.1) is 11.6 Å². The van der Waals surface area contributed by atoms with Crippen LogP contribution in [0.3, 0.4) is 0 Å². The predicted octanol–water partition coefficient (Wildman–Crippen LogP) is 4.83. The zero-order valence-electron chi connectivity index (χ0n) is 10.0. The fraction of sp³-hybridized carbons (Fsp3) is 0.200. The summed E-state index contributed by atoms with van der Waals surface area (Å²) >= 11 is 5.80. The molecule has 0 aliphatic rings. The Labute approximate surface area is 107 Å². The number of halogens is 1. The number of hydrogen-bond donors (Lipinski definition) is 0. The molecule has 0 radical (unpaired) electrons. The van der Waals surface area contributed by atoms with E-state index in [0.29, 0.717) is 5.88 Å². The first kappa shape index (κ1) is 12.0. The minimum Gasteiger partial charge on any atom is -0.457 e. The van der Waals surface area contributed by atoms with Crippen LogP contribution in [0, 0.1) is 13.8 Å². The number of ether oxygens (including phenoxy) is 1. The SMILES string of the molecule is Cc1ccc(C)c(Oc2cccc(CCl)c2)c1. The minimum absolute atomic E-state index is 0.504. The molecule has 0 aliphatic carbocycles. The summed E-state index contributed by atoms with van der Waals surface area (Å²) in [6.45, 7) is 4.10. The first-order valence-electron chi connectivity index (χ1n) is 5.59. The Kier molecular flexibility index (Phi) is 3.70. The van der Waals surface area contributed by atoms with Gasteiger partial charge in [-0.3, -0.25) is 0 Å². The molecule has 0 unspecified atom stereocenters. The van der Waals surface area contributed by atoms with Crippen molar-refractivity contribution in [1.29, 1.82) is 0 Å². The van der Waals surface area contributed by atoms with Gasteiger partial charge < -0.3 is 4.74 Å². The molecular weight excluding hydrogens is 232 g/mol. The molecule has 2 aromatic rings. The summed E-state index contributed by atoms with van der Waals surface area (Å²) < 4.78 is 5.87. The Balaban J connectivity index is 2.27. The van der Waals surface area contributed by atoms with E-state index in [9.17, 15) is 0 Å². The second-order valence-corrected chi connectivity index (χ2v) is 4.42. The Morgan fingerprint density at radius 2 is 1.88 bits per heavy atom. The smallest absolute Gasteiger partial charge is 0.130 e. The molecule has 0 bridgehead atoms. The molecular formula is C15H15ClO. The van der Waals surface area contributed by atoms with E-state index in [1.807, 2.05) is 37.3 Å². The predicted molar refractivity (Wildman–Crippen MR) is 72.0 cm³/mol. The first-order chi connectivity index (χ1) is 8.19. The van der Waals surface area contributed by atoms with Gasteiger partial charge in [-0.2, -0.15) is 0 Å². The normalized spacial score (nSPS) is 10.3. The highest BCUT2D eigenvalue weighted by molar-refractivity contribution is 6.17. The molecule has 2 aromatic carbocycles. The minimum atomic E-state index is 0.504. The molecule has 17 heavy (non-hydrogen) atoms. The molecule has 0 saturated carbocycles. The lowest BCUT2D eigenvalue weighted by Crippen LogP contribution is -1.89. The Morgan fingerprint density at radius 1 is 1.06 bits per heavy atom. The van der Waals surface area contributed by atoms with Gasteiger partial charge in [0.2, 0.25) is 0 Å². The summed E-state index contributed by atoms with van der Waals surface area (Å²) in [5.74, 6) is 2.23. The summed E-state index contributed by atoms with van der Waals surface area (Å²) in [7, 11) is 0. The zero-order valence-corrected chi connectivity index (χ0v) is 10.8. The van der Waals surface area contributed by atoms with Crippen molar-refractivity contribution in [2.45, 2.75) is 19.7 Å². The van der Waals surface area contributed by atoms with Crippen LogP contribution in [0.15, 0.2) is 42.5 Å². The van der Waals surface area contributed by atoms with Gasteiger partial charge in [-0.25, -0.2) is 0 Å². The van der Waals surface area contributed by atoms with Gasteiger partial charge in [0, 0.05) is 5.88 Å². The van der Waals surface area contributed by atoms with E-state index in [-0.39, 0.29) is 0 Å². The van der Waals surface area contributed by atoms with Crippen molar-refractivity contribution >= 4 is 11.6 Å². The van der Waals surface area contributed by atoms with Gasteiger partial charge >= 0.3 is 0 Å². The lowest BCUT2D eigenvalue weighted by atomic mass is 10.1. The molecule has 0 atom stereocenters. The van der Waals surface area contributed by atoms with Crippen LogP contribution in [0.2, 0.25) is 0 Å². The first-order valence-corrected chi connectivity index (χ1v) is 6.12. The van der Waals surface area contributed by atoms with Crippen LogP contribution in [0.5, 0.6) is 11.5 Å². The maximum absolute atomic E-state index is 5.87. The summed E-state index contributed by atoms with van der Waals surface area (Å²) in [6, 6.07) is 14.0. The van der Waals surface area contributed by atoms with Gasteiger partial charge in [0.05, 0.1) is 0 Å². The van der Waals surface area contributed by atoms with E-state index in [1.165, 1.54) is 5.56 Å². The van der Waals surface area contributed by atoms with Gasteiger partial charge in [0.1, 0.15) is 11.5 Å². The monoisotopic (exact) mass is 246 g/mol. The fourth-order valence-corrected chi connectivity index (χ4v) is 1.80. The highest BCUT2D eigenvalue weighted by Gasteiger charge is 2.02. The van der Waals surface area contributed by atoms with Crippen LogP contribution in [-0.4, -0.2) is 0 Å². The molecule has 0 saturated heterocycles. The van der Waals surface area contributed by atoms with Crippen LogP contribution < -0.4 is 4.74 Å². The van der Waals surface area contributed by atoms with Gasteiger partial charge in [-0.05, 0) is 48.7 Å². The number of hydrogen-bond acceptors (Lipinski definition) is 1. The van der Waals surface area contributed by atoms with E-state index in [1.54, 1.807) is 0 Å². The quantitative estimate of drug-likeness (QED) is 0.705. The Hall–Kier alpha value is -1.47. The van der Waals surface area contributed by atoms with Crippen LogP contribution >= 0.6 is 11.6 Å². The number of benzene rings is 2. The summed E-state index contributed by atoms with van der Waals surface area (Å²) in [5.41, 5.74) is 3.39. The van der Waals surface area contributed by atoms with Crippen molar-refractivity contribution in [1.82, 2.24) is 0 Å². The van der Waals surface area contributed by atoms with E-state index in [4.69, 9.17) is 16.3 Å². The molecule has 1 nitrogen and oxygen atoms in total. The van der Waals surface area contributed by atoms with Crippen molar-refractivity contribution in [3.8, 4) is 11.5 Å². The summed E-state index contributed by atoms with van der Waals surface area (Å²) in [4.78, 5) is 0. The average Bonchev–Trinajstić information content (AvgIpc) is 2.34. The molecule has 0 aromatic heterocycles. The molecule has 88 valence electrons. The number of aryl methyl sites for hydroxylation is 2. The van der Waals surface area contributed by atoms with Crippen molar-refractivity contribution in [3.05, 3.63) is 59.2 Å². The Bertz CT molecular complexity index is 520. The topological polar surface area (TPSA) is 9.23 Å². The van der Waals surface area contributed by atoms with Crippen molar-refractivity contribution in [2.24, 2.45) is 0 Å². The highest BCUT2D eigenvalue weighted by Crippen LogP contribution is 2.26. The second kappa shape index (κ2) is 5.24.